The monoisotopic (exact) mass is 242 g/mol. The van der Waals surface area contributed by atoms with Crippen LogP contribution in [0.4, 0.5) is 13.2 Å². The van der Waals surface area contributed by atoms with Crippen LogP contribution in [-0.4, -0.2) is 47.2 Å². The molecule has 0 spiro atoms. The number of carbonyl (C=O) groups is 2. The van der Waals surface area contributed by atoms with Gasteiger partial charge in [-0.1, -0.05) is 0 Å². The zero-order valence-electron chi connectivity index (χ0n) is 8.84. The molecule has 0 radical (unpaired) electrons. The van der Waals surface area contributed by atoms with Crippen molar-refractivity contribution < 1.29 is 27.9 Å². The Bertz CT molecular complexity index is 289. The Morgan fingerprint density at radius 3 is 2.12 bits per heavy atom. The standard InChI is InChI=1S/C8H13F3N2O3/c1-7(12,8(9,10)11)6(16)13(2)4-3-5(14)15/h3-4,12H2,1-2H3,(H,14,15). The number of amides is 1. The maximum atomic E-state index is 12.4. The second kappa shape index (κ2) is 4.69. The number of carboxylic acids is 1. The molecule has 3 N–H and O–H groups in total. The minimum atomic E-state index is -4.87. The summed E-state index contributed by atoms with van der Waals surface area (Å²) in [5.41, 5.74) is 1.88. The van der Waals surface area contributed by atoms with Crippen molar-refractivity contribution in [3.05, 3.63) is 0 Å². The fourth-order valence-electron chi connectivity index (χ4n) is 0.883. The molecule has 0 aromatic heterocycles. The Balaban J connectivity index is 4.61. The first-order valence-corrected chi connectivity index (χ1v) is 4.33. The predicted molar refractivity (Wildman–Crippen MR) is 48.5 cm³/mol. The van der Waals surface area contributed by atoms with E-state index >= 15 is 0 Å². The van der Waals surface area contributed by atoms with Gasteiger partial charge in [0.15, 0.2) is 5.54 Å². The summed E-state index contributed by atoms with van der Waals surface area (Å²) in [5, 5.41) is 8.32. The van der Waals surface area contributed by atoms with Crippen LogP contribution in [0, 0.1) is 0 Å². The van der Waals surface area contributed by atoms with Crippen LogP contribution in [0.25, 0.3) is 0 Å². The van der Waals surface area contributed by atoms with E-state index in [2.05, 4.69) is 0 Å². The number of halogens is 3. The molecule has 0 aromatic carbocycles. The Morgan fingerprint density at radius 1 is 1.38 bits per heavy atom. The lowest BCUT2D eigenvalue weighted by molar-refractivity contribution is -0.192. The van der Waals surface area contributed by atoms with Gasteiger partial charge in [-0.25, -0.2) is 0 Å². The highest BCUT2D eigenvalue weighted by atomic mass is 19.4. The molecule has 94 valence electrons. The third-order valence-electron chi connectivity index (χ3n) is 2.04. The maximum Gasteiger partial charge on any atom is 0.415 e. The van der Waals surface area contributed by atoms with Crippen LogP contribution >= 0.6 is 0 Å². The summed E-state index contributed by atoms with van der Waals surface area (Å²) in [5.74, 6) is -2.56. The lowest BCUT2D eigenvalue weighted by Crippen LogP contribution is -2.61. The minimum absolute atomic E-state index is 0.322. The van der Waals surface area contributed by atoms with Gasteiger partial charge in [0.25, 0.3) is 5.91 Å². The van der Waals surface area contributed by atoms with Gasteiger partial charge in [0, 0.05) is 13.6 Å². The Kier molecular flexibility index (Phi) is 4.30. The molecule has 0 aliphatic heterocycles. The van der Waals surface area contributed by atoms with Crippen molar-refractivity contribution in [1.82, 2.24) is 4.90 Å². The molecule has 0 bridgehead atoms. The maximum absolute atomic E-state index is 12.4. The molecule has 8 heteroatoms. The van der Waals surface area contributed by atoms with Crippen LogP contribution < -0.4 is 5.73 Å². The largest absolute Gasteiger partial charge is 0.481 e. The fourth-order valence-corrected chi connectivity index (χ4v) is 0.883. The third-order valence-corrected chi connectivity index (χ3v) is 2.04. The number of alkyl halides is 3. The van der Waals surface area contributed by atoms with Gasteiger partial charge in [-0.05, 0) is 6.92 Å². The second-order valence-corrected chi connectivity index (χ2v) is 3.57. The number of nitrogens with two attached hydrogens (primary N) is 1. The number of carbonyl (C=O) groups excluding carboxylic acids is 1. The van der Waals surface area contributed by atoms with Gasteiger partial charge < -0.3 is 15.7 Å². The fraction of sp³-hybridized carbons (Fsp3) is 0.750. The smallest absolute Gasteiger partial charge is 0.415 e. The molecule has 1 atom stereocenters. The number of aliphatic carboxylic acids is 1. The molecule has 0 rings (SSSR count). The van der Waals surface area contributed by atoms with Crippen LogP contribution in [0.2, 0.25) is 0 Å². The van der Waals surface area contributed by atoms with Crippen LogP contribution in [0.15, 0.2) is 0 Å². The molecule has 1 amide bonds. The van der Waals surface area contributed by atoms with Gasteiger partial charge in [-0.2, -0.15) is 13.2 Å². The Labute approximate surface area is 90.0 Å². The summed E-state index contributed by atoms with van der Waals surface area (Å²) in [4.78, 5) is 22.1. The molecule has 0 saturated heterocycles. The zero-order chi connectivity index (χ0) is 13.1. The van der Waals surface area contributed by atoms with E-state index in [0.717, 1.165) is 7.05 Å². The molecule has 0 aromatic rings. The van der Waals surface area contributed by atoms with Crippen molar-refractivity contribution in [3.63, 3.8) is 0 Å². The summed E-state index contributed by atoms with van der Waals surface area (Å²) in [6.07, 6.45) is -5.31. The van der Waals surface area contributed by atoms with E-state index in [0.29, 0.717) is 11.8 Å². The van der Waals surface area contributed by atoms with Crippen molar-refractivity contribution in [2.45, 2.75) is 25.1 Å². The molecule has 16 heavy (non-hydrogen) atoms. The lowest BCUT2D eigenvalue weighted by atomic mass is 10.0. The van der Waals surface area contributed by atoms with Crippen molar-refractivity contribution >= 4 is 11.9 Å². The van der Waals surface area contributed by atoms with Crippen LogP contribution in [0.3, 0.4) is 0 Å². The lowest BCUT2D eigenvalue weighted by Gasteiger charge is -2.30. The average Bonchev–Trinajstić information content (AvgIpc) is 2.10. The number of hydrogen-bond acceptors (Lipinski definition) is 3. The second-order valence-electron chi connectivity index (χ2n) is 3.57. The van der Waals surface area contributed by atoms with Gasteiger partial charge in [0.2, 0.25) is 0 Å². The molecular weight excluding hydrogens is 229 g/mol. The van der Waals surface area contributed by atoms with Gasteiger partial charge in [0.05, 0.1) is 6.42 Å². The molecule has 0 heterocycles. The van der Waals surface area contributed by atoms with E-state index in [-0.39, 0.29) is 6.54 Å². The highest BCUT2D eigenvalue weighted by molar-refractivity contribution is 5.86. The number of likely N-dealkylation sites (N-methyl/N-ethyl adjacent to an activating group) is 1. The van der Waals surface area contributed by atoms with Gasteiger partial charge in [-0.15, -0.1) is 0 Å². The summed E-state index contributed by atoms with van der Waals surface area (Å²) >= 11 is 0. The summed E-state index contributed by atoms with van der Waals surface area (Å²) in [6.45, 7) is 0.226. The first kappa shape index (κ1) is 14.7. The zero-order valence-corrected chi connectivity index (χ0v) is 8.84. The van der Waals surface area contributed by atoms with Crippen molar-refractivity contribution in [2.24, 2.45) is 5.73 Å². The van der Waals surface area contributed by atoms with Crippen molar-refractivity contribution in [1.29, 1.82) is 0 Å². The molecule has 0 aliphatic rings. The molecular formula is C8H13F3N2O3. The molecule has 0 saturated carbocycles. The average molecular weight is 242 g/mol. The molecule has 0 fully saturated rings. The van der Waals surface area contributed by atoms with E-state index in [1.807, 2.05) is 0 Å². The quantitative estimate of drug-likeness (QED) is 0.737. The number of rotatable bonds is 4. The van der Waals surface area contributed by atoms with Crippen LogP contribution in [0.1, 0.15) is 13.3 Å². The number of carboxylic acid groups (broad SMARTS) is 1. The van der Waals surface area contributed by atoms with Crippen LogP contribution in [0.5, 0.6) is 0 Å². The van der Waals surface area contributed by atoms with Crippen molar-refractivity contribution in [2.75, 3.05) is 13.6 Å². The molecule has 5 nitrogen and oxygen atoms in total. The minimum Gasteiger partial charge on any atom is -0.481 e. The highest BCUT2D eigenvalue weighted by Gasteiger charge is 2.54. The van der Waals surface area contributed by atoms with Crippen LogP contribution in [-0.2, 0) is 9.59 Å². The first-order valence-electron chi connectivity index (χ1n) is 4.33. The van der Waals surface area contributed by atoms with E-state index in [1.165, 1.54) is 0 Å². The molecule has 0 aliphatic carbocycles. The third kappa shape index (κ3) is 3.37. The number of hydrogen-bond donors (Lipinski definition) is 2. The van der Waals surface area contributed by atoms with Gasteiger partial charge >= 0.3 is 12.1 Å². The molecule has 1 unspecified atom stereocenters. The topological polar surface area (TPSA) is 83.6 Å². The predicted octanol–water partition coefficient (Wildman–Crippen LogP) is 0.199. The Hall–Kier alpha value is -1.31. The summed E-state index contributed by atoms with van der Waals surface area (Å²) in [7, 11) is 1.07. The SMILES string of the molecule is CN(CCC(=O)O)C(=O)C(C)(N)C(F)(F)F. The van der Waals surface area contributed by atoms with Gasteiger partial charge in [0.1, 0.15) is 0 Å². The Morgan fingerprint density at radius 2 is 1.81 bits per heavy atom. The van der Waals surface area contributed by atoms with Crippen molar-refractivity contribution in [3.8, 4) is 0 Å². The number of nitrogens with zero attached hydrogens (tertiary/aromatic N) is 1. The summed E-state index contributed by atoms with van der Waals surface area (Å²) in [6, 6.07) is 0. The summed E-state index contributed by atoms with van der Waals surface area (Å²) < 4.78 is 37.1. The van der Waals surface area contributed by atoms with Gasteiger partial charge in [-0.3, -0.25) is 9.59 Å². The van der Waals surface area contributed by atoms with E-state index in [1.54, 1.807) is 0 Å². The highest BCUT2D eigenvalue weighted by Crippen LogP contribution is 2.29. The van der Waals surface area contributed by atoms with E-state index in [9.17, 15) is 22.8 Å². The first-order chi connectivity index (χ1) is 7.00. The van der Waals surface area contributed by atoms with E-state index in [4.69, 9.17) is 10.8 Å². The normalized spacial score (nSPS) is 15.4. The van der Waals surface area contributed by atoms with E-state index < -0.39 is 30.0 Å².